The minimum absolute atomic E-state index is 0.0699. The molecule has 1 unspecified atom stereocenters. The zero-order valence-corrected chi connectivity index (χ0v) is 21.6. The molecule has 4 heterocycles. The number of carbonyl (C=O) groups is 1. The molecule has 12 heteroatoms. The van der Waals surface area contributed by atoms with Crippen molar-refractivity contribution in [3.05, 3.63) is 48.4 Å². The van der Waals surface area contributed by atoms with Crippen molar-refractivity contribution in [3.63, 3.8) is 0 Å². The van der Waals surface area contributed by atoms with E-state index in [1.807, 2.05) is 11.8 Å². The molecule has 0 aliphatic carbocycles. The van der Waals surface area contributed by atoms with Crippen LogP contribution >= 0.6 is 0 Å². The molecule has 1 amide bonds. The highest BCUT2D eigenvalue weighted by molar-refractivity contribution is 7.89. The van der Waals surface area contributed by atoms with Gasteiger partial charge in [0.15, 0.2) is 0 Å². The summed E-state index contributed by atoms with van der Waals surface area (Å²) >= 11 is 0. The zero-order valence-electron chi connectivity index (χ0n) is 20.8. The molecule has 2 saturated heterocycles. The Balaban J connectivity index is 1.26. The molecule has 2 aliphatic heterocycles. The molecule has 2 N–H and O–H groups in total. The van der Waals surface area contributed by atoms with Crippen LogP contribution in [0.25, 0.3) is 11.3 Å². The number of nitrogens with zero attached hydrogens (tertiary/aromatic N) is 5. The van der Waals surface area contributed by atoms with Crippen molar-refractivity contribution in [2.45, 2.75) is 50.1 Å². The first-order valence-electron chi connectivity index (χ1n) is 12.5. The second-order valence-electron chi connectivity index (χ2n) is 9.42. The first kappa shape index (κ1) is 25.3. The molecule has 196 valence electrons. The fourth-order valence-electron chi connectivity index (χ4n) is 4.53. The van der Waals surface area contributed by atoms with Crippen molar-refractivity contribution in [2.75, 3.05) is 31.6 Å². The van der Waals surface area contributed by atoms with E-state index < -0.39 is 10.0 Å². The number of hydrogen-bond acceptors (Lipinski definition) is 8. The predicted octanol–water partition coefficient (Wildman–Crippen LogP) is 2.47. The normalized spacial score (nSPS) is 18.2. The number of aryl methyl sites for hydroxylation is 1. The molecule has 1 aromatic carbocycles. The molecule has 0 saturated carbocycles. The molecular weight excluding hydrogens is 494 g/mol. The van der Waals surface area contributed by atoms with Crippen LogP contribution in [-0.2, 0) is 26.1 Å². The van der Waals surface area contributed by atoms with Crippen LogP contribution in [-0.4, -0.2) is 71.3 Å². The second kappa shape index (κ2) is 11.0. The van der Waals surface area contributed by atoms with Gasteiger partial charge in [-0.05, 0) is 50.3 Å². The summed E-state index contributed by atoms with van der Waals surface area (Å²) in [6.45, 7) is 4.66. The van der Waals surface area contributed by atoms with Gasteiger partial charge in [0.25, 0.3) is 0 Å². The average molecular weight is 526 g/mol. The van der Waals surface area contributed by atoms with Crippen LogP contribution in [0.5, 0.6) is 0 Å². The first-order chi connectivity index (χ1) is 17.9. The van der Waals surface area contributed by atoms with Gasteiger partial charge in [0.1, 0.15) is 6.54 Å². The van der Waals surface area contributed by atoms with Gasteiger partial charge in [-0.2, -0.15) is 5.10 Å². The van der Waals surface area contributed by atoms with Gasteiger partial charge in [-0.1, -0.05) is 12.1 Å². The van der Waals surface area contributed by atoms with E-state index in [9.17, 15) is 13.2 Å². The Labute approximate surface area is 216 Å². The number of ether oxygens (including phenoxy) is 1. The molecular formula is C25H31N7O4S. The fourth-order valence-corrected chi connectivity index (χ4v) is 5.78. The summed E-state index contributed by atoms with van der Waals surface area (Å²) < 4.78 is 34.9. The quantitative estimate of drug-likeness (QED) is 0.459. The molecule has 37 heavy (non-hydrogen) atoms. The Kier molecular flexibility index (Phi) is 7.49. The molecule has 5 rings (SSSR count). The Morgan fingerprint density at radius 2 is 1.92 bits per heavy atom. The molecule has 2 fully saturated rings. The average Bonchev–Trinajstić information content (AvgIpc) is 3.57. The summed E-state index contributed by atoms with van der Waals surface area (Å²) in [5.41, 5.74) is 2.98. The van der Waals surface area contributed by atoms with Gasteiger partial charge in [0.05, 0.1) is 29.1 Å². The Morgan fingerprint density at radius 1 is 1.14 bits per heavy atom. The van der Waals surface area contributed by atoms with E-state index in [4.69, 9.17) is 4.74 Å². The highest BCUT2D eigenvalue weighted by Gasteiger charge is 2.23. The number of anilines is 2. The lowest BCUT2D eigenvalue weighted by Crippen LogP contribution is -2.37. The van der Waals surface area contributed by atoms with E-state index in [1.165, 1.54) is 6.42 Å². The number of hydrogen-bond donors (Lipinski definition) is 2. The summed E-state index contributed by atoms with van der Waals surface area (Å²) in [5, 5.41) is 7.44. The van der Waals surface area contributed by atoms with Crippen LogP contribution in [0.2, 0.25) is 0 Å². The number of nitrogens with one attached hydrogen (secondary N) is 2. The van der Waals surface area contributed by atoms with Gasteiger partial charge in [-0.3, -0.25) is 9.48 Å². The van der Waals surface area contributed by atoms with Gasteiger partial charge in [-0.15, -0.1) is 0 Å². The summed E-state index contributed by atoms with van der Waals surface area (Å²) in [6.07, 6.45) is 9.05. The van der Waals surface area contributed by atoms with E-state index in [-0.39, 0.29) is 23.4 Å². The smallest absolute Gasteiger partial charge is 0.244 e. The number of sulfonamides is 1. The largest absolute Gasteiger partial charge is 0.380 e. The SMILES string of the molecule is Cc1cnc(Nc2cnn(CC(=O)N3CCCCC3)c2)nc1-c1ccc(S(=O)(=O)NC2CCOC2)cc1. The zero-order chi connectivity index (χ0) is 25.8. The van der Waals surface area contributed by atoms with Crippen molar-refractivity contribution >= 4 is 27.6 Å². The number of likely N-dealkylation sites (tertiary alicyclic amines) is 1. The van der Waals surface area contributed by atoms with Gasteiger partial charge in [0.2, 0.25) is 21.9 Å². The summed E-state index contributed by atoms with van der Waals surface area (Å²) in [7, 11) is -3.63. The van der Waals surface area contributed by atoms with Crippen molar-refractivity contribution in [1.82, 2.24) is 29.4 Å². The lowest BCUT2D eigenvalue weighted by atomic mass is 10.1. The Hall–Kier alpha value is -3.35. The third kappa shape index (κ3) is 6.14. The number of piperidine rings is 1. The summed E-state index contributed by atoms with van der Waals surface area (Å²) in [5.74, 6) is 0.447. The van der Waals surface area contributed by atoms with E-state index in [1.54, 1.807) is 47.5 Å². The van der Waals surface area contributed by atoms with Crippen LogP contribution in [0.15, 0.2) is 47.8 Å². The van der Waals surface area contributed by atoms with Crippen LogP contribution in [0, 0.1) is 6.92 Å². The minimum Gasteiger partial charge on any atom is -0.380 e. The number of aromatic nitrogens is 4. The van der Waals surface area contributed by atoms with Crippen molar-refractivity contribution in [1.29, 1.82) is 0 Å². The fraction of sp³-hybridized carbons (Fsp3) is 0.440. The standard InChI is InChI=1S/C25H31N7O4S/c1-18-13-26-25(28-21-14-27-32(15-21)16-23(33)31-10-3-2-4-11-31)29-24(18)19-5-7-22(8-6-19)37(34,35)30-20-9-12-36-17-20/h5-8,13-15,20,30H,2-4,9-12,16-17H2,1H3,(H,26,28,29). The molecule has 2 aromatic heterocycles. The van der Waals surface area contributed by atoms with Gasteiger partial charge in [-0.25, -0.2) is 23.1 Å². The topological polar surface area (TPSA) is 131 Å². The molecule has 0 spiro atoms. The number of carbonyl (C=O) groups excluding carboxylic acids is 1. The molecule has 0 bridgehead atoms. The summed E-state index contributed by atoms with van der Waals surface area (Å²) in [6, 6.07) is 6.43. The number of benzene rings is 1. The maximum absolute atomic E-state index is 12.7. The third-order valence-electron chi connectivity index (χ3n) is 6.56. The highest BCUT2D eigenvalue weighted by Crippen LogP contribution is 2.25. The monoisotopic (exact) mass is 525 g/mol. The van der Waals surface area contributed by atoms with Gasteiger partial charge >= 0.3 is 0 Å². The van der Waals surface area contributed by atoms with Crippen molar-refractivity contribution in [3.8, 4) is 11.3 Å². The number of amides is 1. The van der Waals surface area contributed by atoms with Crippen LogP contribution < -0.4 is 10.0 Å². The van der Waals surface area contributed by atoms with Crippen LogP contribution in [0.1, 0.15) is 31.2 Å². The number of rotatable bonds is 8. The lowest BCUT2D eigenvalue weighted by Gasteiger charge is -2.26. The molecule has 2 aliphatic rings. The van der Waals surface area contributed by atoms with Crippen molar-refractivity contribution < 1.29 is 17.9 Å². The van der Waals surface area contributed by atoms with E-state index in [2.05, 4.69) is 25.1 Å². The van der Waals surface area contributed by atoms with E-state index in [0.717, 1.165) is 37.1 Å². The molecule has 1 atom stereocenters. The lowest BCUT2D eigenvalue weighted by molar-refractivity contribution is -0.132. The van der Waals surface area contributed by atoms with E-state index >= 15 is 0 Å². The predicted molar refractivity (Wildman–Crippen MR) is 138 cm³/mol. The second-order valence-corrected chi connectivity index (χ2v) is 11.1. The van der Waals surface area contributed by atoms with Crippen molar-refractivity contribution in [2.24, 2.45) is 0 Å². The maximum atomic E-state index is 12.7. The molecule has 0 radical (unpaired) electrons. The first-order valence-corrected chi connectivity index (χ1v) is 14.0. The van der Waals surface area contributed by atoms with Crippen LogP contribution in [0.4, 0.5) is 11.6 Å². The third-order valence-corrected chi connectivity index (χ3v) is 8.09. The van der Waals surface area contributed by atoms with E-state index in [0.29, 0.717) is 37.0 Å². The van der Waals surface area contributed by atoms with Gasteiger partial charge in [0, 0.05) is 43.7 Å². The molecule has 3 aromatic rings. The highest BCUT2D eigenvalue weighted by atomic mass is 32.2. The maximum Gasteiger partial charge on any atom is 0.244 e. The summed E-state index contributed by atoms with van der Waals surface area (Å²) in [4.78, 5) is 23.6. The Morgan fingerprint density at radius 3 is 2.65 bits per heavy atom. The van der Waals surface area contributed by atoms with Gasteiger partial charge < -0.3 is 15.0 Å². The molecule has 11 nitrogen and oxygen atoms in total. The van der Waals surface area contributed by atoms with Crippen LogP contribution in [0.3, 0.4) is 0 Å². The minimum atomic E-state index is -3.63. The Bertz CT molecular complexity index is 1350.